The van der Waals surface area contributed by atoms with Gasteiger partial charge in [0, 0.05) is 18.9 Å². The molecule has 4 nitrogen and oxygen atoms in total. The first kappa shape index (κ1) is 11.2. The first-order chi connectivity index (χ1) is 7.11. The molecule has 0 saturated carbocycles. The van der Waals surface area contributed by atoms with Crippen LogP contribution in [0.4, 0.5) is 10.1 Å². The number of benzene rings is 1. The molecule has 5 heteroatoms. The van der Waals surface area contributed by atoms with Crippen LogP contribution in [0.25, 0.3) is 0 Å². The summed E-state index contributed by atoms with van der Waals surface area (Å²) in [6.07, 6.45) is 1.26. The largest absolute Gasteiger partial charge is 0.465 e. The van der Waals surface area contributed by atoms with E-state index in [1.165, 1.54) is 32.5 Å². The molecule has 2 N–H and O–H groups in total. The fraction of sp³-hybridized carbons (Fsp3) is 0.200. The van der Waals surface area contributed by atoms with Crippen LogP contribution in [0.2, 0.25) is 0 Å². The van der Waals surface area contributed by atoms with Gasteiger partial charge in [-0.25, -0.2) is 9.18 Å². The van der Waals surface area contributed by atoms with E-state index in [-0.39, 0.29) is 16.8 Å². The van der Waals surface area contributed by atoms with Crippen molar-refractivity contribution in [1.82, 2.24) is 0 Å². The molecule has 0 aliphatic heterocycles. The van der Waals surface area contributed by atoms with Crippen LogP contribution < -0.4 is 5.73 Å². The van der Waals surface area contributed by atoms with Gasteiger partial charge in [0.25, 0.3) is 0 Å². The molecule has 0 amide bonds. The van der Waals surface area contributed by atoms with Crippen LogP contribution in [0.15, 0.2) is 17.1 Å². The van der Waals surface area contributed by atoms with Crippen molar-refractivity contribution in [2.45, 2.75) is 0 Å². The first-order valence-electron chi connectivity index (χ1n) is 4.20. The molecule has 0 heterocycles. The van der Waals surface area contributed by atoms with Gasteiger partial charge in [-0.1, -0.05) is 0 Å². The monoisotopic (exact) mass is 210 g/mol. The van der Waals surface area contributed by atoms with E-state index in [9.17, 15) is 9.18 Å². The number of carbonyl (C=O) groups is 1. The number of carbonyl (C=O) groups excluding carboxylic acids is 1. The van der Waals surface area contributed by atoms with Gasteiger partial charge in [0.15, 0.2) is 0 Å². The van der Waals surface area contributed by atoms with Crippen molar-refractivity contribution in [2.24, 2.45) is 4.99 Å². The molecule has 0 fully saturated rings. The van der Waals surface area contributed by atoms with E-state index in [1.54, 1.807) is 0 Å². The van der Waals surface area contributed by atoms with Gasteiger partial charge >= 0.3 is 5.97 Å². The predicted octanol–water partition coefficient (Wildman–Crippen LogP) is 1.24. The molecular formula is C10H11FN2O2. The molecule has 0 saturated heterocycles. The van der Waals surface area contributed by atoms with Crippen LogP contribution in [0, 0.1) is 5.82 Å². The average molecular weight is 210 g/mol. The van der Waals surface area contributed by atoms with Gasteiger partial charge in [-0.3, -0.25) is 4.99 Å². The van der Waals surface area contributed by atoms with Gasteiger partial charge in [0.2, 0.25) is 0 Å². The normalized spacial score (nSPS) is 10.6. The Morgan fingerprint density at radius 2 is 2.27 bits per heavy atom. The smallest absolute Gasteiger partial charge is 0.340 e. The third kappa shape index (κ3) is 2.12. The molecule has 0 aliphatic rings. The fourth-order valence-corrected chi connectivity index (χ4v) is 1.14. The van der Waals surface area contributed by atoms with Crippen LogP contribution in [0.5, 0.6) is 0 Å². The summed E-state index contributed by atoms with van der Waals surface area (Å²) >= 11 is 0. The zero-order valence-electron chi connectivity index (χ0n) is 8.45. The molecule has 15 heavy (non-hydrogen) atoms. The maximum Gasteiger partial charge on any atom is 0.340 e. The number of anilines is 1. The van der Waals surface area contributed by atoms with Crippen LogP contribution in [-0.4, -0.2) is 26.3 Å². The number of esters is 1. The summed E-state index contributed by atoms with van der Waals surface area (Å²) in [5.41, 5.74) is 5.71. The lowest BCUT2D eigenvalue weighted by molar-refractivity contribution is 0.0595. The van der Waals surface area contributed by atoms with Crippen molar-refractivity contribution in [3.63, 3.8) is 0 Å². The highest BCUT2D eigenvalue weighted by atomic mass is 19.1. The van der Waals surface area contributed by atoms with Crippen molar-refractivity contribution in [2.75, 3.05) is 19.9 Å². The lowest BCUT2D eigenvalue weighted by Gasteiger charge is -2.06. The zero-order chi connectivity index (χ0) is 11.4. The van der Waals surface area contributed by atoms with Gasteiger partial charge in [-0.2, -0.15) is 0 Å². The number of ether oxygens (including phenoxy) is 1. The third-order valence-corrected chi connectivity index (χ3v) is 1.88. The summed E-state index contributed by atoms with van der Waals surface area (Å²) in [6.45, 7) is 0. The summed E-state index contributed by atoms with van der Waals surface area (Å²) in [5.74, 6) is -1.45. The molecule has 0 aromatic heterocycles. The summed E-state index contributed by atoms with van der Waals surface area (Å²) < 4.78 is 18.1. The third-order valence-electron chi connectivity index (χ3n) is 1.88. The van der Waals surface area contributed by atoms with Crippen molar-refractivity contribution < 1.29 is 13.9 Å². The maximum atomic E-state index is 13.7. The topological polar surface area (TPSA) is 64.7 Å². The Kier molecular flexibility index (Phi) is 3.38. The number of nitrogen functional groups attached to an aromatic ring is 1. The number of hydrogen-bond acceptors (Lipinski definition) is 4. The first-order valence-corrected chi connectivity index (χ1v) is 4.20. The van der Waals surface area contributed by atoms with E-state index >= 15 is 0 Å². The molecule has 0 bridgehead atoms. The molecular weight excluding hydrogens is 199 g/mol. The Morgan fingerprint density at radius 3 is 2.80 bits per heavy atom. The van der Waals surface area contributed by atoms with Crippen LogP contribution in [0.1, 0.15) is 15.9 Å². The maximum absolute atomic E-state index is 13.7. The van der Waals surface area contributed by atoms with E-state index in [1.807, 2.05) is 0 Å². The number of hydrogen-bond donors (Lipinski definition) is 1. The number of rotatable bonds is 2. The second-order valence-corrected chi connectivity index (χ2v) is 2.81. The van der Waals surface area contributed by atoms with E-state index < -0.39 is 11.8 Å². The summed E-state index contributed by atoms with van der Waals surface area (Å²) in [5, 5.41) is 0. The highest BCUT2D eigenvalue weighted by molar-refractivity contribution is 5.95. The molecule has 1 aromatic carbocycles. The number of halogens is 1. The Labute approximate surface area is 86.6 Å². The van der Waals surface area contributed by atoms with Gasteiger partial charge in [-0.15, -0.1) is 0 Å². The van der Waals surface area contributed by atoms with Gasteiger partial charge in [-0.05, 0) is 12.1 Å². The second kappa shape index (κ2) is 4.54. The molecule has 1 aromatic rings. The highest BCUT2D eigenvalue weighted by Crippen LogP contribution is 2.18. The van der Waals surface area contributed by atoms with Crippen molar-refractivity contribution in [3.05, 3.63) is 29.1 Å². The fourth-order valence-electron chi connectivity index (χ4n) is 1.14. The Morgan fingerprint density at radius 1 is 1.60 bits per heavy atom. The molecule has 0 aliphatic carbocycles. The summed E-state index contributed by atoms with van der Waals surface area (Å²) in [4.78, 5) is 14.8. The van der Waals surface area contributed by atoms with E-state index in [2.05, 4.69) is 9.73 Å². The standard InChI is InChI=1S/C10H11FN2O2/c1-13-5-7-8(12)4-3-6(9(7)11)10(14)15-2/h3-5H,12H2,1-2H3. The molecule has 1 rings (SSSR count). The number of methoxy groups -OCH3 is 1. The van der Waals surface area contributed by atoms with E-state index in [0.29, 0.717) is 0 Å². The van der Waals surface area contributed by atoms with Crippen LogP contribution in [0.3, 0.4) is 0 Å². The molecule has 0 atom stereocenters. The average Bonchev–Trinajstić information content (AvgIpc) is 2.23. The second-order valence-electron chi connectivity index (χ2n) is 2.81. The molecule has 0 unspecified atom stereocenters. The van der Waals surface area contributed by atoms with Crippen molar-refractivity contribution in [1.29, 1.82) is 0 Å². The Balaban J connectivity index is 3.34. The highest BCUT2D eigenvalue weighted by Gasteiger charge is 2.16. The zero-order valence-corrected chi connectivity index (χ0v) is 8.45. The lowest BCUT2D eigenvalue weighted by atomic mass is 10.1. The van der Waals surface area contributed by atoms with E-state index in [0.717, 1.165) is 0 Å². The molecule has 0 spiro atoms. The van der Waals surface area contributed by atoms with Crippen LogP contribution >= 0.6 is 0 Å². The van der Waals surface area contributed by atoms with Crippen molar-refractivity contribution in [3.8, 4) is 0 Å². The number of aliphatic imine (C=N–C) groups is 1. The van der Waals surface area contributed by atoms with Crippen molar-refractivity contribution >= 4 is 17.9 Å². The summed E-state index contributed by atoms with van der Waals surface area (Å²) in [7, 11) is 2.68. The predicted molar refractivity (Wildman–Crippen MR) is 55.7 cm³/mol. The minimum Gasteiger partial charge on any atom is -0.465 e. The van der Waals surface area contributed by atoms with Crippen LogP contribution in [-0.2, 0) is 4.74 Å². The molecule has 0 radical (unpaired) electrons. The van der Waals surface area contributed by atoms with Gasteiger partial charge in [0.05, 0.1) is 18.2 Å². The Hall–Kier alpha value is -1.91. The minimum atomic E-state index is -0.738. The number of nitrogens with zero attached hydrogens (tertiary/aromatic N) is 1. The molecule has 80 valence electrons. The summed E-state index contributed by atoms with van der Waals surface area (Å²) in [6, 6.07) is 2.72. The number of nitrogens with two attached hydrogens (primary N) is 1. The SMILES string of the molecule is CN=Cc1c(N)ccc(C(=O)OC)c1F. The van der Waals surface area contributed by atoms with Gasteiger partial charge < -0.3 is 10.5 Å². The quantitative estimate of drug-likeness (QED) is 0.453. The minimum absolute atomic E-state index is 0.0976. The Bertz CT molecular complexity index is 416. The van der Waals surface area contributed by atoms with Gasteiger partial charge in [0.1, 0.15) is 5.82 Å². The van der Waals surface area contributed by atoms with E-state index in [4.69, 9.17) is 5.73 Å². The lowest BCUT2D eigenvalue weighted by Crippen LogP contribution is -2.08.